The zero-order valence-electron chi connectivity index (χ0n) is 13.2. The van der Waals surface area contributed by atoms with Crippen molar-refractivity contribution in [2.45, 2.75) is 38.9 Å². The van der Waals surface area contributed by atoms with Crippen LogP contribution in [0, 0.1) is 0 Å². The molecule has 0 amide bonds. The summed E-state index contributed by atoms with van der Waals surface area (Å²) in [5.41, 5.74) is 0.773. The van der Waals surface area contributed by atoms with Crippen molar-refractivity contribution in [1.29, 1.82) is 0 Å². The van der Waals surface area contributed by atoms with E-state index >= 15 is 0 Å². The summed E-state index contributed by atoms with van der Waals surface area (Å²) >= 11 is 0. The molecule has 7 nitrogen and oxygen atoms in total. The predicted octanol–water partition coefficient (Wildman–Crippen LogP) is 0.966. The molecule has 1 aromatic heterocycles. The second-order valence-corrected chi connectivity index (χ2v) is 6.54. The van der Waals surface area contributed by atoms with Crippen LogP contribution in [0.5, 0.6) is 0 Å². The number of nitrogens with zero attached hydrogens (tertiary/aromatic N) is 3. The average Bonchev–Trinajstić information content (AvgIpc) is 2.87. The van der Waals surface area contributed by atoms with Crippen LogP contribution in [-0.2, 0) is 16.4 Å². The van der Waals surface area contributed by atoms with Crippen molar-refractivity contribution in [3.05, 3.63) is 17.7 Å². The molecular weight excluding hydrogens is 285 g/mol. The lowest BCUT2D eigenvalue weighted by molar-refractivity contribution is 0.00578. The molecule has 0 saturated carbocycles. The molecule has 0 aliphatic carbocycles. The number of fused-ring (bicyclic) bond motifs is 1. The molecule has 2 heterocycles. The van der Waals surface area contributed by atoms with Crippen molar-refractivity contribution in [3.63, 3.8) is 0 Å². The van der Waals surface area contributed by atoms with Crippen LogP contribution in [0.1, 0.15) is 38.1 Å². The summed E-state index contributed by atoms with van der Waals surface area (Å²) in [7, 11) is 1.03. The van der Waals surface area contributed by atoms with Crippen LogP contribution >= 0.6 is 0 Å². The number of hydrogen-bond donors (Lipinski definition) is 1. The first-order chi connectivity index (χ1) is 10.1. The van der Waals surface area contributed by atoms with E-state index in [9.17, 15) is 9.90 Å². The van der Waals surface area contributed by atoms with E-state index in [-0.39, 0.29) is 5.56 Å². The number of carbonyl (C=O) groups is 1. The average molecular weight is 303 g/mol. The standard InChI is InChI=1S/C14H18BN3O4/c1-13(2)14(3,4)22-15(21-13)8-6-9(12(19)20)11-10(7-8)16-17-18(11)5/h6-7H,1-5H3,(H,19,20). The molecule has 8 heteroatoms. The van der Waals surface area contributed by atoms with Crippen molar-refractivity contribution >= 4 is 29.6 Å². The Morgan fingerprint density at radius 2 is 1.82 bits per heavy atom. The molecular formula is C14H18BN3O4. The van der Waals surface area contributed by atoms with E-state index in [0.717, 1.165) is 0 Å². The van der Waals surface area contributed by atoms with Gasteiger partial charge in [-0.3, -0.25) is 0 Å². The smallest absolute Gasteiger partial charge is 0.478 e. The minimum Gasteiger partial charge on any atom is -0.478 e. The molecule has 0 bridgehead atoms. The van der Waals surface area contributed by atoms with Crippen molar-refractivity contribution in [1.82, 2.24) is 15.0 Å². The number of carboxylic acid groups (broad SMARTS) is 1. The molecule has 1 aromatic carbocycles. The predicted molar refractivity (Wildman–Crippen MR) is 81.2 cm³/mol. The highest BCUT2D eigenvalue weighted by Gasteiger charge is 2.52. The van der Waals surface area contributed by atoms with Crippen LogP contribution < -0.4 is 5.46 Å². The second kappa shape index (κ2) is 4.53. The molecule has 1 aliphatic rings. The Morgan fingerprint density at radius 1 is 1.23 bits per heavy atom. The molecule has 0 unspecified atom stereocenters. The maximum Gasteiger partial charge on any atom is 0.494 e. The van der Waals surface area contributed by atoms with Gasteiger partial charge in [-0.05, 0) is 45.3 Å². The van der Waals surface area contributed by atoms with Gasteiger partial charge in [0, 0.05) is 7.05 Å². The largest absolute Gasteiger partial charge is 0.494 e. The van der Waals surface area contributed by atoms with Gasteiger partial charge in [0.15, 0.2) is 0 Å². The quantitative estimate of drug-likeness (QED) is 0.832. The summed E-state index contributed by atoms with van der Waals surface area (Å²) in [5.74, 6) is -1.03. The third-order valence-corrected chi connectivity index (χ3v) is 4.48. The van der Waals surface area contributed by atoms with Crippen molar-refractivity contribution in [2.75, 3.05) is 0 Å². The number of aromatic nitrogens is 3. The highest BCUT2D eigenvalue weighted by Crippen LogP contribution is 2.36. The van der Waals surface area contributed by atoms with Crippen LogP contribution in [0.3, 0.4) is 0 Å². The van der Waals surface area contributed by atoms with Crippen LogP contribution in [0.4, 0.5) is 0 Å². The number of rotatable bonds is 2. The molecule has 3 rings (SSSR count). The van der Waals surface area contributed by atoms with Crippen LogP contribution in [0.25, 0.3) is 11.0 Å². The fraction of sp³-hybridized carbons (Fsp3) is 0.500. The number of benzene rings is 1. The van der Waals surface area contributed by atoms with E-state index in [1.54, 1.807) is 19.2 Å². The van der Waals surface area contributed by atoms with Crippen LogP contribution in [0.2, 0.25) is 0 Å². The SMILES string of the molecule is Cn1nnc2cc(B3OC(C)(C)C(C)(C)O3)cc(C(=O)O)c21. The van der Waals surface area contributed by atoms with E-state index < -0.39 is 24.3 Å². The summed E-state index contributed by atoms with van der Waals surface area (Å²) in [6, 6.07) is 3.33. The molecule has 22 heavy (non-hydrogen) atoms. The first-order valence-corrected chi connectivity index (χ1v) is 7.05. The molecule has 116 valence electrons. The van der Waals surface area contributed by atoms with E-state index in [2.05, 4.69) is 10.3 Å². The second-order valence-electron chi connectivity index (χ2n) is 6.54. The molecule has 1 N–H and O–H groups in total. The highest BCUT2D eigenvalue weighted by atomic mass is 16.7. The lowest BCUT2D eigenvalue weighted by Gasteiger charge is -2.32. The fourth-order valence-corrected chi connectivity index (χ4v) is 2.50. The summed E-state index contributed by atoms with van der Waals surface area (Å²) in [6.45, 7) is 7.80. The molecule has 1 aliphatic heterocycles. The Hall–Kier alpha value is -1.93. The normalized spacial score (nSPS) is 19.8. The van der Waals surface area contributed by atoms with Gasteiger partial charge in [-0.2, -0.15) is 0 Å². The van der Waals surface area contributed by atoms with E-state index in [1.807, 2.05) is 27.7 Å². The summed E-state index contributed by atoms with van der Waals surface area (Å²) < 4.78 is 13.4. The molecule has 0 spiro atoms. The Labute approximate surface area is 128 Å². The summed E-state index contributed by atoms with van der Waals surface area (Å²) in [6.07, 6.45) is 0. The third kappa shape index (κ3) is 2.10. The fourth-order valence-electron chi connectivity index (χ4n) is 2.50. The van der Waals surface area contributed by atoms with Crippen molar-refractivity contribution in [2.24, 2.45) is 7.05 Å². The van der Waals surface area contributed by atoms with Gasteiger partial charge in [0.2, 0.25) is 0 Å². The Balaban J connectivity index is 2.12. The minimum absolute atomic E-state index is 0.134. The zero-order chi connectivity index (χ0) is 16.3. The maximum atomic E-state index is 11.5. The molecule has 0 radical (unpaired) electrons. The molecule has 0 atom stereocenters. The van der Waals surface area contributed by atoms with E-state index in [0.29, 0.717) is 16.5 Å². The number of aryl methyl sites for hydroxylation is 1. The van der Waals surface area contributed by atoms with Gasteiger partial charge in [-0.25, -0.2) is 9.48 Å². The monoisotopic (exact) mass is 303 g/mol. The molecule has 1 saturated heterocycles. The number of aromatic carboxylic acids is 1. The summed E-state index contributed by atoms with van der Waals surface area (Å²) in [5, 5.41) is 17.3. The topological polar surface area (TPSA) is 86.5 Å². The molecule has 2 aromatic rings. The zero-order valence-corrected chi connectivity index (χ0v) is 13.2. The number of carboxylic acids is 1. The first-order valence-electron chi connectivity index (χ1n) is 7.05. The summed E-state index contributed by atoms with van der Waals surface area (Å²) in [4.78, 5) is 11.5. The van der Waals surface area contributed by atoms with Gasteiger partial charge in [-0.15, -0.1) is 5.10 Å². The van der Waals surface area contributed by atoms with Gasteiger partial charge >= 0.3 is 13.1 Å². The molecule has 1 fully saturated rings. The van der Waals surface area contributed by atoms with E-state index in [4.69, 9.17) is 9.31 Å². The Kier molecular flexibility index (Phi) is 3.09. The van der Waals surface area contributed by atoms with Gasteiger partial charge in [0.05, 0.1) is 16.8 Å². The number of hydrogen-bond acceptors (Lipinski definition) is 5. The Bertz CT molecular complexity index is 753. The van der Waals surface area contributed by atoms with Gasteiger partial charge < -0.3 is 14.4 Å². The lowest BCUT2D eigenvalue weighted by Crippen LogP contribution is -2.41. The lowest BCUT2D eigenvalue weighted by atomic mass is 9.78. The first kappa shape index (κ1) is 15.0. The highest BCUT2D eigenvalue weighted by molar-refractivity contribution is 6.62. The van der Waals surface area contributed by atoms with Gasteiger partial charge in [0.1, 0.15) is 11.0 Å². The van der Waals surface area contributed by atoms with Crippen molar-refractivity contribution < 1.29 is 19.2 Å². The maximum absolute atomic E-state index is 11.5. The van der Waals surface area contributed by atoms with Crippen LogP contribution in [0.15, 0.2) is 12.1 Å². The third-order valence-electron chi connectivity index (χ3n) is 4.48. The van der Waals surface area contributed by atoms with Gasteiger partial charge in [0.25, 0.3) is 0 Å². The minimum atomic E-state index is -1.03. The van der Waals surface area contributed by atoms with Gasteiger partial charge in [-0.1, -0.05) is 5.21 Å². The Morgan fingerprint density at radius 3 is 2.36 bits per heavy atom. The van der Waals surface area contributed by atoms with Crippen LogP contribution in [-0.4, -0.2) is 44.4 Å². The van der Waals surface area contributed by atoms with Crippen molar-refractivity contribution in [3.8, 4) is 0 Å². The van der Waals surface area contributed by atoms with E-state index in [1.165, 1.54) is 4.68 Å².